The monoisotopic (exact) mass is 391 g/mol. The number of aromatic nitrogens is 1. The summed E-state index contributed by atoms with van der Waals surface area (Å²) in [5, 5.41) is 5.08. The lowest BCUT2D eigenvalue weighted by atomic mass is 10.2. The number of ether oxygens (including phenoxy) is 1. The fraction of sp³-hybridized carbons (Fsp3) is 0.176. The van der Waals surface area contributed by atoms with Gasteiger partial charge in [-0.2, -0.15) is 0 Å². The molecule has 2 aromatic rings. The molecule has 1 aromatic carbocycles. The Kier molecular flexibility index (Phi) is 5.75. The fourth-order valence-corrected chi connectivity index (χ4v) is 3.42. The number of thioether (sulfide) groups is 1. The number of rotatable bonds is 5. The Balaban J connectivity index is 1.47. The predicted octanol–water partition coefficient (Wildman–Crippen LogP) is 2.72. The van der Waals surface area contributed by atoms with Crippen LogP contribution in [-0.2, 0) is 19.1 Å². The molecule has 3 rings (SSSR count). The summed E-state index contributed by atoms with van der Waals surface area (Å²) in [6.45, 7) is -0.460. The van der Waals surface area contributed by atoms with Gasteiger partial charge in [0.2, 0.25) is 5.91 Å². The molecular weight excluding hydrogens is 378 g/mol. The first-order valence-electron chi connectivity index (χ1n) is 7.65. The van der Waals surface area contributed by atoms with E-state index in [4.69, 9.17) is 16.3 Å². The minimum Gasteiger partial charge on any atom is -0.456 e. The normalized spacial score (nSPS) is 15.6. The maximum atomic E-state index is 12.1. The van der Waals surface area contributed by atoms with Gasteiger partial charge in [0.15, 0.2) is 6.61 Å². The van der Waals surface area contributed by atoms with E-state index in [9.17, 15) is 14.4 Å². The average Bonchev–Trinajstić information content (AvgIpc) is 2.62. The third-order valence-corrected chi connectivity index (χ3v) is 4.92. The molecule has 0 radical (unpaired) electrons. The summed E-state index contributed by atoms with van der Waals surface area (Å²) in [5.74, 6) is -1.12. The number of hydrogen-bond donors (Lipinski definition) is 2. The highest BCUT2D eigenvalue weighted by atomic mass is 35.5. The molecule has 26 heavy (non-hydrogen) atoms. The van der Waals surface area contributed by atoms with E-state index in [0.29, 0.717) is 10.8 Å². The van der Waals surface area contributed by atoms with Crippen molar-refractivity contribution in [2.24, 2.45) is 0 Å². The molecule has 0 fully saturated rings. The summed E-state index contributed by atoms with van der Waals surface area (Å²) in [6, 6.07) is 10.4. The maximum absolute atomic E-state index is 12.1. The second-order valence-electron chi connectivity index (χ2n) is 5.37. The van der Waals surface area contributed by atoms with Gasteiger partial charge < -0.3 is 15.4 Å². The molecule has 1 aromatic heterocycles. The van der Waals surface area contributed by atoms with Gasteiger partial charge in [0.25, 0.3) is 5.91 Å². The van der Waals surface area contributed by atoms with Gasteiger partial charge in [-0.3, -0.25) is 14.4 Å². The highest BCUT2D eigenvalue weighted by Gasteiger charge is 2.29. The van der Waals surface area contributed by atoms with Crippen molar-refractivity contribution in [2.75, 3.05) is 17.2 Å². The first-order valence-corrected chi connectivity index (χ1v) is 8.90. The molecule has 2 heterocycles. The van der Waals surface area contributed by atoms with E-state index in [1.54, 1.807) is 12.1 Å². The SMILES string of the molecule is O=C(COC(=O)C[C@@H]1Sc2ccccc2NC1=O)Nc1ccc(Cl)cn1. The lowest BCUT2D eigenvalue weighted by Crippen LogP contribution is -2.32. The van der Waals surface area contributed by atoms with Crippen LogP contribution in [0, 0.1) is 0 Å². The van der Waals surface area contributed by atoms with Crippen molar-refractivity contribution in [3.63, 3.8) is 0 Å². The first-order chi connectivity index (χ1) is 12.5. The van der Waals surface area contributed by atoms with Crippen molar-refractivity contribution in [3.05, 3.63) is 47.6 Å². The zero-order valence-electron chi connectivity index (χ0n) is 13.4. The van der Waals surface area contributed by atoms with Crippen LogP contribution in [0.4, 0.5) is 11.5 Å². The first kappa shape index (κ1) is 18.2. The number of benzene rings is 1. The molecule has 2 amide bonds. The van der Waals surface area contributed by atoms with Crippen LogP contribution < -0.4 is 10.6 Å². The van der Waals surface area contributed by atoms with Crippen LogP contribution in [0.5, 0.6) is 0 Å². The molecule has 2 N–H and O–H groups in total. The predicted molar refractivity (Wildman–Crippen MR) is 98.2 cm³/mol. The van der Waals surface area contributed by atoms with Crippen LogP contribution in [0.3, 0.4) is 0 Å². The number of nitrogens with one attached hydrogen (secondary N) is 2. The van der Waals surface area contributed by atoms with Gasteiger partial charge in [-0.1, -0.05) is 23.7 Å². The zero-order chi connectivity index (χ0) is 18.5. The number of esters is 1. The number of pyridine rings is 1. The molecule has 0 spiro atoms. The molecule has 1 aliphatic rings. The third-order valence-electron chi connectivity index (χ3n) is 3.42. The topological polar surface area (TPSA) is 97.4 Å². The van der Waals surface area contributed by atoms with Crippen molar-refractivity contribution >= 4 is 52.7 Å². The Labute approximate surface area is 158 Å². The van der Waals surface area contributed by atoms with Gasteiger partial charge in [-0.05, 0) is 24.3 Å². The van der Waals surface area contributed by atoms with Gasteiger partial charge in [-0.15, -0.1) is 11.8 Å². The molecule has 0 saturated heterocycles. The third kappa shape index (κ3) is 4.74. The Morgan fingerprint density at radius 2 is 2.08 bits per heavy atom. The summed E-state index contributed by atoms with van der Waals surface area (Å²) in [4.78, 5) is 40.6. The summed E-state index contributed by atoms with van der Waals surface area (Å²) >= 11 is 7.00. The van der Waals surface area contributed by atoms with Crippen LogP contribution in [0.25, 0.3) is 0 Å². The minimum absolute atomic E-state index is 0.128. The van der Waals surface area contributed by atoms with E-state index in [0.717, 1.165) is 10.6 Å². The number of para-hydroxylation sites is 1. The van der Waals surface area contributed by atoms with Crippen LogP contribution in [0.2, 0.25) is 5.02 Å². The number of anilines is 2. The fourth-order valence-electron chi connectivity index (χ4n) is 2.21. The smallest absolute Gasteiger partial charge is 0.307 e. The van der Waals surface area contributed by atoms with Crippen LogP contribution in [0.1, 0.15) is 6.42 Å². The van der Waals surface area contributed by atoms with Crippen molar-refractivity contribution in [2.45, 2.75) is 16.6 Å². The Morgan fingerprint density at radius 1 is 1.27 bits per heavy atom. The summed E-state index contributed by atoms with van der Waals surface area (Å²) in [6.07, 6.45) is 1.26. The molecule has 134 valence electrons. The minimum atomic E-state index is -0.628. The number of carbonyl (C=O) groups excluding carboxylic acids is 3. The number of carbonyl (C=O) groups is 3. The van der Waals surface area contributed by atoms with Crippen molar-refractivity contribution in [3.8, 4) is 0 Å². The van der Waals surface area contributed by atoms with Gasteiger partial charge in [-0.25, -0.2) is 4.98 Å². The molecule has 0 aliphatic carbocycles. The van der Waals surface area contributed by atoms with E-state index < -0.39 is 23.7 Å². The number of fused-ring (bicyclic) bond motifs is 1. The Hall–Kier alpha value is -2.58. The molecule has 9 heteroatoms. The molecule has 0 saturated carbocycles. The van der Waals surface area contributed by atoms with Crippen molar-refractivity contribution in [1.29, 1.82) is 0 Å². The zero-order valence-corrected chi connectivity index (χ0v) is 15.0. The molecule has 0 unspecified atom stereocenters. The van der Waals surface area contributed by atoms with Crippen molar-refractivity contribution in [1.82, 2.24) is 4.98 Å². The Bertz CT molecular complexity index is 844. The van der Waals surface area contributed by atoms with Gasteiger partial charge >= 0.3 is 5.97 Å². The molecule has 0 bridgehead atoms. The maximum Gasteiger partial charge on any atom is 0.307 e. The number of amides is 2. The standard InChI is InChI=1S/C17H14ClN3O4S/c18-10-5-6-14(19-8-10)21-15(22)9-25-16(23)7-13-17(24)20-11-3-1-2-4-12(11)26-13/h1-6,8,13H,7,9H2,(H,20,24)(H,19,21,22)/t13-/m0/s1. The summed E-state index contributed by atoms with van der Waals surface area (Å²) in [7, 11) is 0. The molecule has 1 aliphatic heterocycles. The lowest BCUT2D eigenvalue weighted by molar-refractivity contribution is -0.147. The van der Waals surface area contributed by atoms with Gasteiger partial charge in [0.05, 0.1) is 22.4 Å². The summed E-state index contributed by atoms with van der Waals surface area (Å²) < 4.78 is 4.94. The van der Waals surface area contributed by atoms with Gasteiger partial charge in [0, 0.05) is 11.1 Å². The average molecular weight is 392 g/mol. The molecule has 7 nitrogen and oxygen atoms in total. The van der Waals surface area contributed by atoms with E-state index in [1.165, 1.54) is 24.0 Å². The van der Waals surface area contributed by atoms with Crippen LogP contribution in [0.15, 0.2) is 47.5 Å². The number of nitrogens with zero attached hydrogens (tertiary/aromatic N) is 1. The largest absolute Gasteiger partial charge is 0.456 e. The Morgan fingerprint density at radius 3 is 2.85 bits per heavy atom. The van der Waals surface area contributed by atoms with Crippen LogP contribution in [-0.4, -0.2) is 34.6 Å². The second kappa shape index (κ2) is 8.20. The quantitative estimate of drug-likeness (QED) is 0.760. The van der Waals surface area contributed by atoms with E-state index >= 15 is 0 Å². The molecule has 1 atom stereocenters. The second-order valence-corrected chi connectivity index (χ2v) is 7.05. The lowest BCUT2D eigenvalue weighted by Gasteiger charge is -2.23. The number of hydrogen-bond acceptors (Lipinski definition) is 6. The highest BCUT2D eigenvalue weighted by Crippen LogP contribution is 2.36. The van der Waals surface area contributed by atoms with E-state index in [1.807, 2.05) is 18.2 Å². The van der Waals surface area contributed by atoms with E-state index in [2.05, 4.69) is 15.6 Å². The van der Waals surface area contributed by atoms with E-state index in [-0.39, 0.29) is 12.3 Å². The highest BCUT2D eigenvalue weighted by molar-refractivity contribution is 8.01. The van der Waals surface area contributed by atoms with Crippen molar-refractivity contribution < 1.29 is 19.1 Å². The molecular formula is C17H14ClN3O4S. The number of halogens is 1. The van der Waals surface area contributed by atoms with Gasteiger partial charge in [0.1, 0.15) is 5.82 Å². The van der Waals surface area contributed by atoms with Crippen LogP contribution >= 0.6 is 23.4 Å². The summed E-state index contributed by atoms with van der Waals surface area (Å²) in [5.41, 5.74) is 0.724.